The molecule has 0 radical (unpaired) electrons. The summed E-state index contributed by atoms with van der Waals surface area (Å²) in [6.45, 7) is 0. The Morgan fingerprint density at radius 3 is 1.12 bits per heavy atom. The number of nitrogens with zero attached hydrogens (tertiary/aromatic N) is 1. The van der Waals surface area contributed by atoms with Gasteiger partial charge in [-0.2, -0.15) is 0 Å². The molecular weight excluding hydrogens is 340 g/mol. The Morgan fingerprint density at radius 2 is 1.12 bits per heavy atom. The average molecular weight is 346 g/mol. The molecule has 0 saturated carbocycles. The van der Waals surface area contributed by atoms with Crippen LogP contribution in [0.1, 0.15) is 0 Å². The zero-order chi connectivity index (χ0) is 2.71. The zero-order valence-electron chi connectivity index (χ0n) is 3.75. The molecule has 0 aromatic rings. The minimum atomic E-state index is 0. The predicted molar refractivity (Wildman–Crippen MR) is 19.2 cm³/mol. The van der Waals surface area contributed by atoms with Crippen molar-refractivity contribution in [2.75, 3.05) is 0 Å². The van der Waals surface area contributed by atoms with Gasteiger partial charge in [0.05, 0.1) is 0 Å². The molecule has 0 aliphatic carbocycles. The third kappa shape index (κ3) is 594. The SMILES string of the molecule is N.N.O=N[O-].[Cl-].[Cl-].[Pt+4]. The summed E-state index contributed by atoms with van der Waals surface area (Å²) in [5.74, 6) is 0. The quantitative estimate of drug-likeness (QED) is 0.336. The smallest absolute Gasteiger partial charge is 1.00 e. The van der Waals surface area contributed by atoms with Crippen LogP contribution in [-0.4, -0.2) is 0 Å². The van der Waals surface area contributed by atoms with E-state index < -0.39 is 0 Å². The van der Waals surface area contributed by atoms with Crippen LogP contribution in [0.4, 0.5) is 0 Å². The van der Waals surface area contributed by atoms with Gasteiger partial charge >= 0.3 is 21.1 Å². The largest absolute Gasteiger partial charge is 4.00 e. The van der Waals surface area contributed by atoms with Gasteiger partial charge in [0, 0.05) is 0 Å². The summed E-state index contributed by atoms with van der Waals surface area (Å²) >= 11 is 0. The van der Waals surface area contributed by atoms with Gasteiger partial charge in [0.25, 0.3) is 0 Å². The molecule has 0 unspecified atom stereocenters. The third-order valence-electron chi connectivity index (χ3n) is 0. The maximum absolute atomic E-state index is 8.00. The maximum atomic E-state index is 8.00. The monoisotopic (exact) mass is 345 g/mol. The van der Waals surface area contributed by atoms with E-state index in [0.717, 1.165) is 5.34 Å². The molecule has 8 heteroatoms. The van der Waals surface area contributed by atoms with E-state index in [2.05, 4.69) is 0 Å². The molecule has 0 saturated heterocycles. The first-order valence-corrected chi connectivity index (χ1v) is 0.365. The fourth-order valence-corrected chi connectivity index (χ4v) is 0. The molecule has 56 valence electrons. The molecule has 0 aromatic carbocycles. The molecule has 0 heterocycles. The van der Waals surface area contributed by atoms with E-state index in [1.807, 2.05) is 0 Å². The molecule has 0 aromatic heterocycles. The Labute approximate surface area is 73.8 Å². The molecule has 0 rings (SSSR count). The second kappa shape index (κ2) is 131. The van der Waals surface area contributed by atoms with Crippen LogP contribution in [0.3, 0.4) is 0 Å². The van der Waals surface area contributed by atoms with Crippen LogP contribution >= 0.6 is 0 Å². The maximum Gasteiger partial charge on any atom is 4.00 e. The van der Waals surface area contributed by atoms with E-state index >= 15 is 0 Å². The van der Waals surface area contributed by atoms with Gasteiger partial charge in [-0.1, -0.05) is 0 Å². The number of hydrogen-bond acceptors (Lipinski definition) is 5. The van der Waals surface area contributed by atoms with E-state index in [-0.39, 0.29) is 58.2 Å². The fourth-order valence-electron chi connectivity index (χ4n) is 0. The Hall–Kier alpha value is 0.588. The Morgan fingerprint density at radius 1 is 1.12 bits per heavy atom. The summed E-state index contributed by atoms with van der Waals surface area (Å²) in [5.41, 5.74) is 0. The summed E-state index contributed by atoms with van der Waals surface area (Å²) in [6, 6.07) is 0. The van der Waals surface area contributed by atoms with Crippen molar-refractivity contribution in [1.29, 1.82) is 0 Å². The second-order valence-electron chi connectivity index (χ2n) is 0.0745. The van der Waals surface area contributed by atoms with Crippen molar-refractivity contribution in [1.82, 2.24) is 12.3 Å². The van der Waals surface area contributed by atoms with Gasteiger partial charge in [0.2, 0.25) is 0 Å². The standard InChI is InChI=1S/2ClH.HNO2.2H3N.Pt/c;;2-1-3;;;/h2*1H;(H,2,3);2*1H3;/q;;;;;+4/p-3. The first-order valence-electron chi connectivity index (χ1n) is 0.365. The Balaban J connectivity index is -0.00000000200. The van der Waals surface area contributed by atoms with Crippen molar-refractivity contribution in [3.05, 3.63) is 10.1 Å². The molecule has 0 amide bonds. The molecule has 0 aliphatic rings. The molecule has 6 N–H and O–H groups in total. The van der Waals surface area contributed by atoms with Gasteiger partial charge in [-0.05, 0) is 0 Å². The minimum Gasteiger partial charge on any atom is -1.00 e. The van der Waals surface area contributed by atoms with Crippen LogP contribution in [0.25, 0.3) is 0 Å². The molecule has 0 aliphatic heterocycles. The topological polar surface area (TPSA) is 122 Å². The van der Waals surface area contributed by atoms with E-state index in [4.69, 9.17) is 10.1 Å². The van der Waals surface area contributed by atoms with Crippen molar-refractivity contribution in [2.45, 2.75) is 0 Å². The Bertz CT molecular complexity index is 22.8. The number of halogens is 2. The van der Waals surface area contributed by atoms with Crippen LogP contribution in [0.2, 0.25) is 0 Å². The normalized spacial score (nSPS) is 1.50. The summed E-state index contributed by atoms with van der Waals surface area (Å²) < 4.78 is 0. The van der Waals surface area contributed by atoms with Gasteiger partial charge in [0.1, 0.15) is 0 Å². The zero-order valence-corrected chi connectivity index (χ0v) is 7.53. The van der Waals surface area contributed by atoms with Crippen molar-refractivity contribution in [2.24, 2.45) is 5.34 Å². The Kier molecular flexibility index (Phi) is 1200. The van der Waals surface area contributed by atoms with Gasteiger partial charge in [-0.15, -0.1) is 5.34 Å². The van der Waals surface area contributed by atoms with E-state index in [0.29, 0.717) is 0 Å². The second-order valence-corrected chi connectivity index (χ2v) is 0.0745. The number of rotatable bonds is 0. The minimum absolute atomic E-state index is 0. The summed E-state index contributed by atoms with van der Waals surface area (Å²) in [4.78, 5) is 8.00. The van der Waals surface area contributed by atoms with Crippen LogP contribution in [0, 0.1) is 10.1 Å². The van der Waals surface area contributed by atoms with Crippen LogP contribution in [0.15, 0.2) is 5.34 Å². The summed E-state index contributed by atoms with van der Waals surface area (Å²) in [6.07, 6.45) is 0. The van der Waals surface area contributed by atoms with Crippen molar-refractivity contribution >= 4 is 0 Å². The van der Waals surface area contributed by atoms with Crippen LogP contribution in [0.5, 0.6) is 0 Å². The molecule has 0 bridgehead atoms. The van der Waals surface area contributed by atoms with E-state index in [9.17, 15) is 0 Å². The van der Waals surface area contributed by atoms with Crippen molar-refractivity contribution < 1.29 is 45.9 Å². The molecule has 0 spiro atoms. The summed E-state index contributed by atoms with van der Waals surface area (Å²) in [5, 5.41) is 9.00. The van der Waals surface area contributed by atoms with E-state index in [1.165, 1.54) is 0 Å². The van der Waals surface area contributed by atoms with Crippen LogP contribution in [-0.2, 0) is 21.1 Å². The molecule has 8 heavy (non-hydrogen) atoms. The molecular formula is H6Cl2N3O2Pt+. The number of hydrogen-bond donors (Lipinski definition) is 2. The first-order chi connectivity index (χ1) is 1.41. The third-order valence-corrected chi connectivity index (χ3v) is 0. The first kappa shape index (κ1) is 73.8. The van der Waals surface area contributed by atoms with Gasteiger partial charge in [0.15, 0.2) is 0 Å². The van der Waals surface area contributed by atoms with E-state index in [1.54, 1.807) is 0 Å². The summed E-state index contributed by atoms with van der Waals surface area (Å²) in [7, 11) is 0. The van der Waals surface area contributed by atoms with Crippen molar-refractivity contribution in [3.63, 3.8) is 0 Å². The van der Waals surface area contributed by atoms with Gasteiger partial charge in [-0.3, -0.25) is 0 Å². The predicted octanol–water partition coefficient (Wildman–Crippen LogP) is -5.42. The fraction of sp³-hybridized carbons (Fsp3) is 0. The van der Waals surface area contributed by atoms with Crippen LogP contribution < -0.4 is 37.1 Å². The molecule has 0 fully saturated rings. The van der Waals surface area contributed by atoms with Gasteiger partial charge in [-0.25, -0.2) is 0 Å². The average Bonchev–Trinajstić information content (AvgIpc) is 0.918. The van der Waals surface area contributed by atoms with Gasteiger partial charge < -0.3 is 47.2 Å². The molecule has 5 nitrogen and oxygen atoms in total. The molecule has 0 atom stereocenters. The van der Waals surface area contributed by atoms with Crippen molar-refractivity contribution in [3.8, 4) is 0 Å².